The van der Waals surface area contributed by atoms with Crippen molar-refractivity contribution in [3.8, 4) is 0 Å². The molecule has 7 heteroatoms. The first-order chi connectivity index (χ1) is 9.56. The Bertz CT molecular complexity index is 489. The number of rotatable bonds is 5. The van der Waals surface area contributed by atoms with Crippen molar-refractivity contribution < 1.29 is 14.7 Å². The number of aromatic carboxylic acids is 1. The Morgan fingerprint density at radius 1 is 1.60 bits per heavy atom. The van der Waals surface area contributed by atoms with Crippen LogP contribution in [0, 0.1) is 5.92 Å². The van der Waals surface area contributed by atoms with Gasteiger partial charge < -0.3 is 15.3 Å². The largest absolute Gasteiger partial charge is 0.476 e. The fourth-order valence-electron chi connectivity index (χ4n) is 2.34. The zero-order valence-corrected chi connectivity index (χ0v) is 12.3. The Labute approximate surface area is 121 Å². The average Bonchev–Trinajstić information content (AvgIpc) is 2.87. The number of carbonyl (C=O) groups is 2. The highest BCUT2D eigenvalue weighted by Gasteiger charge is 2.23. The lowest BCUT2D eigenvalue weighted by Gasteiger charge is -2.28. The van der Waals surface area contributed by atoms with Crippen LogP contribution >= 0.6 is 11.3 Å². The fourth-order valence-corrected chi connectivity index (χ4v) is 3.11. The first-order valence-electron chi connectivity index (χ1n) is 6.70. The summed E-state index contributed by atoms with van der Waals surface area (Å²) in [6, 6.07) is 0. The highest BCUT2D eigenvalue weighted by Crippen LogP contribution is 2.15. The minimum Gasteiger partial charge on any atom is -0.476 e. The molecule has 0 aliphatic carbocycles. The number of piperidine rings is 1. The van der Waals surface area contributed by atoms with Crippen molar-refractivity contribution in [3.63, 3.8) is 0 Å². The molecule has 1 aliphatic rings. The summed E-state index contributed by atoms with van der Waals surface area (Å²) in [6.45, 7) is 2.37. The zero-order valence-electron chi connectivity index (χ0n) is 11.5. The van der Waals surface area contributed by atoms with Crippen molar-refractivity contribution in [1.82, 2.24) is 15.2 Å². The first kappa shape index (κ1) is 14.9. The first-order valence-corrected chi connectivity index (χ1v) is 7.58. The van der Waals surface area contributed by atoms with E-state index in [1.165, 1.54) is 16.7 Å². The molecule has 1 aromatic rings. The molecular formula is C13H19N3O3S. The smallest absolute Gasteiger partial charge is 0.355 e. The molecule has 0 radical (unpaired) electrons. The maximum absolute atomic E-state index is 12.0. The lowest BCUT2D eigenvalue weighted by molar-refractivity contribution is -0.126. The molecule has 1 amide bonds. The highest BCUT2D eigenvalue weighted by molar-refractivity contribution is 7.09. The van der Waals surface area contributed by atoms with Gasteiger partial charge in [-0.05, 0) is 26.4 Å². The molecule has 6 nitrogen and oxygen atoms in total. The molecule has 20 heavy (non-hydrogen) atoms. The quantitative estimate of drug-likeness (QED) is 0.841. The number of carboxylic acid groups (broad SMARTS) is 1. The molecular weight excluding hydrogens is 278 g/mol. The summed E-state index contributed by atoms with van der Waals surface area (Å²) in [5.74, 6) is -0.854. The fraction of sp³-hybridized carbons (Fsp3) is 0.615. The Morgan fingerprint density at radius 3 is 3.05 bits per heavy atom. The number of thiazole rings is 1. The summed E-state index contributed by atoms with van der Waals surface area (Å²) in [7, 11) is 2.03. The van der Waals surface area contributed by atoms with Crippen LogP contribution < -0.4 is 5.32 Å². The van der Waals surface area contributed by atoms with Gasteiger partial charge in [0.2, 0.25) is 5.91 Å². The molecule has 0 saturated carbocycles. The molecule has 2 N–H and O–H groups in total. The van der Waals surface area contributed by atoms with Crippen LogP contribution in [0.25, 0.3) is 0 Å². The van der Waals surface area contributed by atoms with Crippen LogP contribution in [-0.2, 0) is 11.2 Å². The Morgan fingerprint density at radius 2 is 2.40 bits per heavy atom. The number of aromatic nitrogens is 1. The van der Waals surface area contributed by atoms with Crippen LogP contribution in [-0.4, -0.2) is 53.5 Å². The standard InChI is InChI=1S/C13H19N3O3S/c1-16-6-2-3-9(7-16)12(17)14-5-4-11-15-10(8-20-11)13(18)19/h8-9H,2-7H2,1H3,(H,14,17)(H,18,19)/t9-/m0/s1. The molecule has 110 valence electrons. The average molecular weight is 297 g/mol. The van der Waals surface area contributed by atoms with Crippen molar-refractivity contribution in [2.24, 2.45) is 5.92 Å². The Balaban J connectivity index is 1.74. The monoisotopic (exact) mass is 297 g/mol. The van der Waals surface area contributed by atoms with Crippen molar-refractivity contribution in [2.45, 2.75) is 19.3 Å². The third-order valence-corrected chi connectivity index (χ3v) is 4.31. The number of carbonyl (C=O) groups excluding carboxylic acids is 1. The van der Waals surface area contributed by atoms with Crippen LogP contribution in [0.15, 0.2) is 5.38 Å². The van der Waals surface area contributed by atoms with Gasteiger partial charge in [0.1, 0.15) is 0 Å². The Kier molecular flexibility index (Phi) is 5.08. The maximum Gasteiger partial charge on any atom is 0.355 e. The number of carboxylic acids is 1. The number of hydrogen-bond donors (Lipinski definition) is 2. The molecule has 0 aromatic carbocycles. The lowest BCUT2D eigenvalue weighted by Crippen LogP contribution is -2.41. The molecule has 0 unspecified atom stereocenters. The number of likely N-dealkylation sites (tertiary alicyclic amines) is 1. The second-order valence-corrected chi connectivity index (χ2v) is 6.02. The molecule has 0 spiro atoms. The van der Waals surface area contributed by atoms with Crippen LogP contribution in [0.5, 0.6) is 0 Å². The predicted molar refractivity (Wildman–Crippen MR) is 76.0 cm³/mol. The van der Waals surface area contributed by atoms with Gasteiger partial charge in [-0.1, -0.05) is 0 Å². The maximum atomic E-state index is 12.0. The third kappa shape index (κ3) is 4.01. The number of nitrogens with one attached hydrogen (secondary N) is 1. The SMILES string of the molecule is CN1CCC[C@H](C(=O)NCCc2nc(C(=O)O)cs2)C1. The summed E-state index contributed by atoms with van der Waals surface area (Å²) in [5.41, 5.74) is 0.0743. The van der Waals surface area contributed by atoms with E-state index in [1.54, 1.807) is 0 Å². The summed E-state index contributed by atoms with van der Waals surface area (Å²) in [4.78, 5) is 28.9. The minimum absolute atomic E-state index is 0.0691. The molecule has 2 heterocycles. The second kappa shape index (κ2) is 6.81. The Hall–Kier alpha value is -1.47. The highest BCUT2D eigenvalue weighted by atomic mass is 32.1. The molecule has 2 rings (SSSR count). The van der Waals surface area contributed by atoms with Gasteiger partial charge in [0, 0.05) is 24.9 Å². The summed E-state index contributed by atoms with van der Waals surface area (Å²) >= 11 is 1.31. The van der Waals surface area contributed by atoms with E-state index < -0.39 is 5.97 Å². The molecule has 1 atom stereocenters. The topological polar surface area (TPSA) is 82.5 Å². The van der Waals surface area contributed by atoms with Gasteiger partial charge in [-0.3, -0.25) is 4.79 Å². The normalized spacial score (nSPS) is 19.8. The van der Waals surface area contributed by atoms with E-state index in [1.807, 2.05) is 7.05 Å². The number of nitrogens with zero attached hydrogens (tertiary/aromatic N) is 2. The van der Waals surface area contributed by atoms with Crippen molar-refractivity contribution in [2.75, 3.05) is 26.7 Å². The van der Waals surface area contributed by atoms with Crippen LogP contribution in [0.4, 0.5) is 0 Å². The van der Waals surface area contributed by atoms with E-state index >= 15 is 0 Å². The molecule has 0 bridgehead atoms. The van der Waals surface area contributed by atoms with Gasteiger partial charge in [0.15, 0.2) is 5.69 Å². The van der Waals surface area contributed by atoms with E-state index in [4.69, 9.17) is 5.11 Å². The summed E-state index contributed by atoms with van der Waals surface area (Å²) in [6.07, 6.45) is 2.58. The van der Waals surface area contributed by atoms with Gasteiger partial charge >= 0.3 is 5.97 Å². The predicted octanol–water partition coefficient (Wildman–Crippen LogP) is 0.842. The van der Waals surface area contributed by atoms with Crippen LogP contribution in [0.2, 0.25) is 0 Å². The van der Waals surface area contributed by atoms with Crippen molar-refractivity contribution in [1.29, 1.82) is 0 Å². The molecule has 1 aromatic heterocycles. The van der Waals surface area contributed by atoms with Gasteiger partial charge in [0.05, 0.1) is 10.9 Å². The van der Waals surface area contributed by atoms with E-state index in [-0.39, 0.29) is 17.5 Å². The van der Waals surface area contributed by atoms with Gasteiger partial charge in [-0.2, -0.15) is 0 Å². The third-order valence-electron chi connectivity index (χ3n) is 3.40. The van der Waals surface area contributed by atoms with Crippen molar-refractivity contribution in [3.05, 3.63) is 16.1 Å². The van der Waals surface area contributed by atoms with E-state index in [0.717, 1.165) is 30.9 Å². The number of hydrogen-bond acceptors (Lipinski definition) is 5. The summed E-state index contributed by atoms with van der Waals surface area (Å²) in [5, 5.41) is 14.0. The van der Waals surface area contributed by atoms with Gasteiger partial charge in [-0.15, -0.1) is 11.3 Å². The zero-order chi connectivity index (χ0) is 14.5. The van der Waals surface area contributed by atoms with E-state index in [2.05, 4.69) is 15.2 Å². The van der Waals surface area contributed by atoms with Crippen molar-refractivity contribution >= 4 is 23.2 Å². The molecule has 1 saturated heterocycles. The second-order valence-electron chi connectivity index (χ2n) is 5.07. The molecule has 1 aliphatic heterocycles. The van der Waals surface area contributed by atoms with Gasteiger partial charge in [0.25, 0.3) is 0 Å². The van der Waals surface area contributed by atoms with E-state index in [0.29, 0.717) is 13.0 Å². The molecule has 1 fully saturated rings. The lowest BCUT2D eigenvalue weighted by atomic mass is 9.97. The number of amides is 1. The van der Waals surface area contributed by atoms with Gasteiger partial charge in [-0.25, -0.2) is 9.78 Å². The van der Waals surface area contributed by atoms with E-state index in [9.17, 15) is 9.59 Å². The minimum atomic E-state index is -1.01. The summed E-state index contributed by atoms with van der Waals surface area (Å²) < 4.78 is 0. The van der Waals surface area contributed by atoms with Crippen LogP contribution in [0.1, 0.15) is 28.3 Å². The van der Waals surface area contributed by atoms with Crippen LogP contribution in [0.3, 0.4) is 0 Å².